The fraction of sp³-hybridized carbons (Fsp3) is 0.143. The molecule has 0 unspecified atom stereocenters. The summed E-state index contributed by atoms with van der Waals surface area (Å²) in [4.78, 5) is 21.6. The number of aromatic nitrogens is 1. The van der Waals surface area contributed by atoms with E-state index in [0.717, 1.165) is 11.8 Å². The molecule has 0 aliphatic heterocycles. The highest BCUT2D eigenvalue weighted by Crippen LogP contribution is 2.15. The van der Waals surface area contributed by atoms with Crippen LogP contribution in [0.25, 0.3) is 0 Å². The summed E-state index contributed by atoms with van der Waals surface area (Å²) >= 11 is 1.08. The van der Waals surface area contributed by atoms with E-state index in [2.05, 4.69) is 0 Å². The number of hydrogen-bond acceptors (Lipinski definition) is 6. The van der Waals surface area contributed by atoms with Gasteiger partial charge in [-0.25, -0.2) is 0 Å². The number of benzene rings is 1. The van der Waals surface area contributed by atoms with E-state index in [0.29, 0.717) is 15.3 Å². The maximum atomic E-state index is 11.6. The van der Waals surface area contributed by atoms with E-state index >= 15 is 0 Å². The van der Waals surface area contributed by atoms with Crippen LogP contribution < -0.4 is 4.73 Å². The van der Waals surface area contributed by atoms with Crippen molar-refractivity contribution < 1.29 is 19.2 Å². The van der Waals surface area contributed by atoms with Gasteiger partial charge in [0.2, 0.25) is 0 Å². The largest absolute Gasteiger partial charge is 0.618 e. The number of thioether (sulfide) groups is 1. The van der Waals surface area contributed by atoms with Crippen molar-refractivity contribution in [3.63, 3.8) is 0 Å². The van der Waals surface area contributed by atoms with Crippen LogP contribution in [0.1, 0.15) is 5.56 Å². The molecule has 0 saturated heterocycles. The number of hydrogen-bond donors (Lipinski definition) is 0. The minimum absolute atomic E-state index is 0.0131. The Bertz CT molecular complexity index is 675. The molecule has 0 atom stereocenters. The molecular formula is C14H12N2O5S. The monoisotopic (exact) mass is 320 g/mol. The second kappa shape index (κ2) is 7.41. The van der Waals surface area contributed by atoms with E-state index in [4.69, 9.17) is 4.74 Å². The Labute approximate surface area is 130 Å². The molecule has 7 nitrogen and oxygen atoms in total. The van der Waals surface area contributed by atoms with Crippen molar-refractivity contribution in [3.8, 4) is 0 Å². The highest BCUT2D eigenvalue weighted by molar-refractivity contribution is 7.99. The average Bonchev–Trinajstić information content (AvgIpc) is 2.52. The van der Waals surface area contributed by atoms with Crippen LogP contribution in [0.5, 0.6) is 0 Å². The summed E-state index contributed by atoms with van der Waals surface area (Å²) in [6.07, 6.45) is 1.35. The smallest absolute Gasteiger partial charge is 0.316 e. The van der Waals surface area contributed by atoms with E-state index in [9.17, 15) is 20.1 Å². The number of nitro groups is 1. The normalized spacial score (nSPS) is 10.2. The molecule has 8 heteroatoms. The molecule has 0 radical (unpaired) electrons. The Kier molecular flexibility index (Phi) is 5.31. The Hall–Kier alpha value is -2.61. The summed E-state index contributed by atoms with van der Waals surface area (Å²) in [5, 5.41) is 22.3. The van der Waals surface area contributed by atoms with Gasteiger partial charge in [-0.3, -0.25) is 14.9 Å². The molecule has 1 heterocycles. The predicted octanol–water partition coefficient (Wildman–Crippen LogP) is 2.06. The molecule has 0 N–H and O–H groups in total. The lowest BCUT2D eigenvalue weighted by Gasteiger charge is -2.05. The molecule has 1 aromatic heterocycles. The van der Waals surface area contributed by atoms with Gasteiger partial charge in [0.25, 0.3) is 10.7 Å². The van der Waals surface area contributed by atoms with Crippen LogP contribution in [0.2, 0.25) is 0 Å². The Morgan fingerprint density at radius 3 is 2.59 bits per heavy atom. The Morgan fingerprint density at radius 2 is 1.95 bits per heavy atom. The fourth-order valence-corrected chi connectivity index (χ4v) is 2.29. The quantitative estimate of drug-likeness (QED) is 0.202. The molecule has 22 heavy (non-hydrogen) atoms. The topological polar surface area (TPSA) is 96.4 Å². The molecule has 0 spiro atoms. The van der Waals surface area contributed by atoms with Gasteiger partial charge < -0.3 is 9.94 Å². The molecule has 0 aliphatic carbocycles. The first kappa shape index (κ1) is 15.8. The maximum absolute atomic E-state index is 11.6. The van der Waals surface area contributed by atoms with Crippen LogP contribution in [0.3, 0.4) is 0 Å². The lowest BCUT2D eigenvalue weighted by molar-refractivity contribution is -0.645. The minimum atomic E-state index is -0.496. The van der Waals surface area contributed by atoms with Crippen LogP contribution >= 0.6 is 11.8 Å². The number of nitrogens with zero attached hydrogens (tertiary/aromatic N) is 2. The third kappa shape index (κ3) is 4.45. The highest BCUT2D eigenvalue weighted by atomic mass is 32.2. The zero-order chi connectivity index (χ0) is 15.9. The van der Waals surface area contributed by atoms with Crippen molar-refractivity contribution in [3.05, 3.63) is 69.5 Å². The van der Waals surface area contributed by atoms with Crippen molar-refractivity contribution in [2.75, 3.05) is 5.75 Å². The SMILES string of the molecule is O=C(CSc1cccc[n+]1[O-])OCc1ccc([N+](=O)[O-])cc1. The van der Waals surface area contributed by atoms with Gasteiger partial charge in [-0.05, 0) is 35.5 Å². The first-order chi connectivity index (χ1) is 10.6. The van der Waals surface area contributed by atoms with Crippen molar-refractivity contribution in [1.29, 1.82) is 0 Å². The lowest BCUT2D eigenvalue weighted by Crippen LogP contribution is -2.28. The van der Waals surface area contributed by atoms with Crippen molar-refractivity contribution >= 4 is 23.4 Å². The summed E-state index contributed by atoms with van der Waals surface area (Å²) in [7, 11) is 0. The summed E-state index contributed by atoms with van der Waals surface area (Å²) in [5.41, 5.74) is 0.636. The Balaban J connectivity index is 1.80. The zero-order valence-corrected chi connectivity index (χ0v) is 12.2. The first-order valence-corrected chi connectivity index (χ1v) is 7.25. The van der Waals surface area contributed by atoms with E-state index < -0.39 is 10.9 Å². The number of rotatable bonds is 6. The number of carbonyl (C=O) groups excluding carboxylic acids is 1. The standard InChI is InChI=1S/C14H12N2O5S/c17-14(10-22-13-3-1-2-8-15(13)18)21-9-11-4-6-12(7-5-11)16(19)20/h1-8H,9-10H2. The van der Waals surface area contributed by atoms with Crippen LogP contribution in [0.4, 0.5) is 5.69 Å². The van der Waals surface area contributed by atoms with Gasteiger partial charge in [0.15, 0.2) is 6.20 Å². The highest BCUT2D eigenvalue weighted by Gasteiger charge is 2.10. The van der Waals surface area contributed by atoms with E-state index in [1.54, 1.807) is 18.2 Å². The first-order valence-electron chi connectivity index (χ1n) is 6.26. The minimum Gasteiger partial charge on any atom is -0.618 e. The van der Waals surface area contributed by atoms with E-state index in [-0.39, 0.29) is 18.0 Å². The van der Waals surface area contributed by atoms with Crippen LogP contribution in [0, 0.1) is 15.3 Å². The lowest BCUT2D eigenvalue weighted by atomic mass is 10.2. The summed E-state index contributed by atoms with van der Waals surface area (Å²) < 4.78 is 5.72. The number of nitro benzene ring substituents is 1. The molecule has 114 valence electrons. The fourth-order valence-electron chi connectivity index (χ4n) is 1.58. The van der Waals surface area contributed by atoms with Crippen molar-refractivity contribution in [2.24, 2.45) is 0 Å². The third-order valence-electron chi connectivity index (χ3n) is 2.67. The van der Waals surface area contributed by atoms with Crippen LogP contribution in [0.15, 0.2) is 53.7 Å². The second-order valence-electron chi connectivity index (χ2n) is 4.24. The van der Waals surface area contributed by atoms with Crippen LogP contribution in [-0.4, -0.2) is 16.6 Å². The van der Waals surface area contributed by atoms with Gasteiger partial charge in [0.05, 0.1) is 4.92 Å². The van der Waals surface area contributed by atoms with Gasteiger partial charge in [-0.1, -0.05) is 0 Å². The number of ether oxygens (including phenoxy) is 1. The molecule has 0 saturated carbocycles. The molecule has 0 amide bonds. The molecule has 0 bridgehead atoms. The number of pyridine rings is 1. The molecule has 1 aromatic carbocycles. The Morgan fingerprint density at radius 1 is 1.23 bits per heavy atom. The summed E-state index contributed by atoms with van der Waals surface area (Å²) in [6, 6.07) is 10.7. The number of non-ortho nitro benzene ring substituents is 1. The summed E-state index contributed by atoms with van der Waals surface area (Å²) in [6.45, 7) is 0.0313. The second-order valence-corrected chi connectivity index (χ2v) is 5.23. The van der Waals surface area contributed by atoms with Gasteiger partial charge in [-0.2, -0.15) is 4.73 Å². The number of esters is 1. The third-order valence-corrected chi connectivity index (χ3v) is 3.67. The van der Waals surface area contributed by atoms with E-state index in [1.807, 2.05) is 0 Å². The molecular weight excluding hydrogens is 308 g/mol. The zero-order valence-electron chi connectivity index (χ0n) is 11.4. The van der Waals surface area contributed by atoms with E-state index in [1.165, 1.54) is 30.5 Å². The van der Waals surface area contributed by atoms with Gasteiger partial charge in [-0.15, -0.1) is 0 Å². The molecule has 2 rings (SSSR count). The number of carbonyl (C=O) groups is 1. The maximum Gasteiger partial charge on any atom is 0.316 e. The van der Waals surface area contributed by atoms with Gasteiger partial charge in [0, 0.05) is 24.3 Å². The molecule has 0 fully saturated rings. The molecule has 2 aromatic rings. The van der Waals surface area contributed by atoms with Gasteiger partial charge in [0.1, 0.15) is 12.4 Å². The van der Waals surface area contributed by atoms with Crippen molar-refractivity contribution in [1.82, 2.24) is 0 Å². The van der Waals surface area contributed by atoms with Crippen LogP contribution in [-0.2, 0) is 16.1 Å². The average molecular weight is 320 g/mol. The summed E-state index contributed by atoms with van der Waals surface area (Å²) in [5.74, 6) is -0.452. The van der Waals surface area contributed by atoms with Crippen molar-refractivity contribution in [2.45, 2.75) is 11.6 Å². The predicted molar refractivity (Wildman–Crippen MR) is 79.0 cm³/mol. The molecule has 0 aliphatic rings. The van der Waals surface area contributed by atoms with Gasteiger partial charge >= 0.3 is 5.97 Å².